The van der Waals surface area contributed by atoms with Crippen LogP contribution in [0.25, 0.3) is 0 Å². The standard InChI is InChI=1S/C12H10BrN3O3S/c1-19-6-2-3-8(13)7(4-6)11(18)16-12-15-9(5-20-12)10(14)17/h2-5H,1H3,(H2,14,17)(H,15,16,18). The van der Waals surface area contributed by atoms with Crippen molar-refractivity contribution in [3.05, 3.63) is 39.3 Å². The Kier molecular flexibility index (Phi) is 4.35. The highest BCUT2D eigenvalue weighted by molar-refractivity contribution is 9.10. The number of aromatic nitrogens is 1. The molecule has 0 aliphatic carbocycles. The Morgan fingerprint density at radius 1 is 1.45 bits per heavy atom. The Labute approximate surface area is 127 Å². The summed E-state index contributed by atoms with van der Waals surface area (Å²) in [6, 6.07) is 5.04. The lowest BCUT2D eigenvalue weighted by molar-refractivity contribution is 0.0992. The van der Waals surface area contributed by atoms with E-state index in [1.165, 1.54) is 12.5 Å². The van der Waals surface area contributed by atoms with Crippen molar-refractivity contribution in [1.29, 1.82) is 0 Å². The van der Waals surface area contributed by atoms with Crippen LogP contribution in [0.1, 0.15) is 20.8 Å². The molecule has 1 aromatic carbocycles. The molecular formula is C12H10BrN3O3S. The summed E-state index contributed by atoms with van der Waals surface area (Å²) in [5.74, 6) is -0.430. The van der Waals surface area contributed by atoms with Crippen LogP contribution in [-0.2, 0) is 0 Å². The lowest BCUT2D eigenvalue weighted by atomic mass is 10.2. The predicted molar refractivity (Wildman–Crippen MR) is 79.3 cm³/mol. The van der Waals surface area contributed by atoms with Crippen LogP contribution in [0.5, 0.6) is 5.75 Å². The molecule has 0 saturated carbocycles. The topological polar surface area (TPSA) is 94.3 Å². The Balaban J connectivity index is 2.21. The van der Waals surface area contributed by atoms with Gasteiger partial charge in [0, 0.05) is 9.85 Å². The van der Waals surface area contributed by atoms with Gasteiger partial charge in [-0.1, -0.05) is 0 Å². The van der Waals surface area contributed by atoms with Gasteiger partial charge in [-0.05, 0) is 34.1 Å². The maximum atomic E-state index is 12.1. The van der Waals surface area contributed by atoms with Crippen molar-refractivity contribution in [3.8, 4) is 5.75 Å². The maximum absolute atomic E-state index is 12.1. The molecule has 6 nitrogen and oxygen atoms in total. The molecule has 2 rings (SSSR count). The third kappa shape index (κ3) is 3.14. The molecular weight excluding hydrogens is 346 g/mol. The molecule has 0 saturated heterocycles. The normalized spacial score (nSPS) is 10.1. The van der Waals surface area contributed by atoms with E-state index in [-0.39, 0.29) is 11.6 Å². The van der Waals surface area contributed by atoms with Gasteiger partial charge in [-0.25, -0.2) is 4.98 Å². The van der Waals surface area contributed by atoms with Gasteiger partial charge in [-0.15, -0.1) is 11.3 Å². The van der Waals surface area contributed by atoms with E-state index in [1.54, 1.807) is 18.2 Å². The number of hydrogen-bond donors (Lipinski definition) is 2. The zero-order chi connectivity index (χ0) is 14.7. The molecule has 0 unspecified atom stereocenters. The van der Waals surface area contributed by atoms with E-state index in [0.29, 0.717) is 20.9 Å². The molecule has 0 fully saturated rings. The second-order valence-corrected chi connectivity index (χ2v) is 5.41. The summed E-state index contributed by atoms with van der Waals surface area (Å²) < 4.78 is 5.70. The SMILES string of the molecule is COc1ccc(Br)c(C(=O)Nc2nc(C(N)=O)cs2)c1. The number of ether oxygens (including phenoxy) is 1. The van der Waals surface area contributed by atoms with Crippen LogP contribution in [0.2, 0.25) is 0 Å². The van der Waals surface area contributed by atoms with Crippen LogP contribution >= 0.6 is 27.3 Å². The number of carbonyl (C=O) groups is 2. The Hall–Kier alpha value is -1.93. The van der Waals surface area contributed by atoms with Crippen molar-refractivity contribution in [2.75, 3.05) is 12.4 Å². The van der Waals surface area contributed by atoms with Crippen molar-refractivity contribution in [2.45, 2.75) is 0 Å². The number of amides is 2. The number of thiazole rings is 1. The molecule has 0 aliphatic heterocycles. The van der Waals surface area contributed by atoms with Crippen LogP contribution in [0.3, 0.4) is 0 Å². The van der Waals surface area contributed by atoms with E-state index in [0.717, 1.165) is 11.3 Å². The first kappa shape index (κ1) is 14.5. The van der Waals surface area contributed by atoms with Gasteiger partial charge < -0.3 is 10.5 Å². The van der Waals surface area contributed by atoms with Crippen LogP contribution in [-0.4, -0.2) is 23.9 Å². The molecule has 0 spiro atoms. The number of nitrogens with zero attached hydrogens (tertiary/aromatic N) is 1. The largest absolute Gasteiger partial charge is 0.497 e. The van der Waals surface area contributed by atoms with E-state index in [2.05, 4.69) is 26.2 Å². The van der Waals surface area contributed by atoms with Gasteiger partial charge in [-0.2, -0.15) is 0 Å². The molecule has 2 amide bonds. The average Bonchev–Trinajstić information content (AvgIpc) is 2.88. The van der Waals surface area contributed by atoms with Crippen LogP contribution < -0.4 is 15.8 Å². The highest BCUT2D eigenvalue weighted by atomic mass is 79.9. The minimum atomic E-state index is -0.635. The predicted octanol–water partition coefficient (Wildman–Crippen LogP) is 2.27. The number of methoxy groups -OCH3 is 1. The van der Waals surface area contributed by atoms with E-state index < -0.39 is 5.91 Å². The van der Waals surface area contributed by atoms with Gasteiger partial charge in [0.25, 0.3) is 11.8 Å². The number of primary amides is 1. The van der Waals surface area contributed by atoms with E-state index in [1.807, 2.05) is 0 Å². The molecule has 0 atom stereocenters. The fourth-order valence-corrected chi connectivity index (χ4v) is 2.54. The molecule has 0 aliphatic rings. The summed E-state index contributed by atoms with van der Waals surface area (Å²) in [5, 5.41) is 4.39. The van der Waals surface area contributed by atoms with Crippen molar-refractivity contribution in [1.82, 2.24) is 4.98 Å². The fourth-order valence-electron chi connectivity index (χ4n) is 1.41. The Bertz CT molecular complexity index is 672. The zero-order valence-corrected chi connectivity index (χ0v) is 12.7. The number of rotatable bonds is 4. The number of benzene rings is 1. The molecule has 0 bridgehead atoms. The van der Waals surface area contributed by atoms with Crippen LogP contribution in [0, 0.1) is 0 Å². The Morgan fingerprint density at radius 2 is 2.20 bits per heavy atom. The van der Waals surface area contributed by atoms with Crippen LogP contribution in [0.15, 0.2) is 28.1 Å². The Morgan fingerprint density at radius 3 is 2.80 bits per heavy atom. The summed E-state index contributed by atoms with van der Waals surface area (Å²) in [6.07, 6.45) is 0. The smallest absolute Gasteiger partial charge is 0.268 e. The molecule has 104 valence electrons. The third-order valence-electron chi connectivity index (χ3n) is 2.40. The summed E-state index contributed by atoms with van der Waals surface area (Å²) in [4.78, 5) is 27.0. The van der Waals surface area contributed by atoms with E-state index in [9.17, 15) is 9.59 Å². The first-order valence-corrected chi connectivity index (χ1v) is 7.08. The van der Waals surface area contributed by atoms with Crippen molar-refractivity contribution >= 4 is 44.2 Å². The molecule has 8 heteroatoms. The van der Waals surface area contributed by atoms with Crippen molar-refractivity contribution in [2.24, 2.45) is 5.73 Å². The van der Waals surface area contributed by atoms with Crippen LogP contribution in [0.4, 0.5) is 5.13 Å². The summed E-state index contributed by atoms with van der Waals surface area (Å²) in [6.45, 7) is 0. The van der Waals surface area contributed by atoms with Gasteiger partial charge >= 0.3 is 0 Å². The van der Waals surface area contributed by atoms with Gasteiger partial charge in [0.1, 0.15) is 11.4 Å². The number of hydrogen-bond acceptors (Lipinski definition) is 5. The minimum Gasteiger partial charge on any atom is -0.497 e. The van der Waals surface area contributed by atoms with Gasteiger partial charge in [0.05, 0.1) is 12.7 Å². The highest BCUT2D eigenvalue weighted by Gasteiger charge is 2.14. The fraction of sp³-hybridized carbons (Fsp3) is 0.0833. The second kappa shape index (κ2) is 6.02. The summed E-state index contributed by atoms with van der Waals surface area (Å²) in [5.41, 5.74) is 5.62. The third-order valence-corrected chi connectivity index (χ3v) is 3.84. The summed E-state index contributed by atoms with van der Waals surface area (Å²) in [7, 11) is 1.52. The molecule has 3 N–H and O–H groups in total. The summed E-state index contributed by atoms with van der Waals surface area (Å²) >= 11 is 4.42. The lowest BCUT2D eigenvalue weighted by Gasteiger charge is -2.06. The van der Waals surface area contributed by atoms with Crippen molar-refractivity contribution < 1.29 is 14.3 Å². The molecule has 20 heavy (non-hydrogen) atoms. The molecule has 2 aromatic rings. The first-order valence-electron chi connectivity index (χ1n) is 5.41. The quantitative estimate of drug-likeness (QED) is 0.879. The number of carbonyl (C=O) groups excluding carboxylic acids is 2. The number of halogens is 1. The molecule has 0 radical (unpaired) electrons. The second-order valence-electron chi connectivity index (χ2n) is 3.70. The highest BCUT2D eigenvalue weighted by Crippen LogP contribution is 2.24. The van der Waals surface area contributed by atoms with Gasteiger partial charge in [-0.3, -0.25) is 14.9 Å². The van der Waals surface area contributed by atoms with Gasteiger partial charge in [0.2, 0.25) is 0 Å². The first-order chi connectivity index (χ1) is 9.51. The number of nitrogens with two attached hydrogens (primary N) is 1. The lowest BCUT2D eigenvalue weighted by Crippen LogP contribution is -2.14. The number of nitrogens with one attached hydrogen (secondary N) is 1. The van der Waals surface area contributed by atoms with E-state index in [4.69, 9.17) is 10.5 Å². The maximum Gasteiger partial charge on any atom is 0.268 e. The average molecular weight is 356 g/mol. The molecule has 1 heterocycles. The zero-order valence-electron chi connectivity index (χ0n) is 10.3. The minimum absolute atomic E-state index is 0.120. The van der Waals surface area contributed by atoms with Crippen molar-refractivity contribution in [3.63, 3.8) is 0 Å². The van der Waals surface area contributed by atoms with Gasteiger partial charge in [0.15, 0.2) is 5.13 Å². The monoisotopic (exact) mass is 355 g/mol. The van der Waals surface area contributed by atoms with E-state index >= 15 is 0 Å². The molecule has 1 aromatic heterocycles. The number of anilines is 1.